The van der Waals surface area contributed by atoms with E-state index in [1.807, 2.05) is 6.08 Å². The van der Waals surface area contributed by atoms with Crippen molar-refractivity contribution in [2.75, 3.05) is 6.61 Å². The average Bonchev–Trinajstić information content (AvgIpc) is 3.01. The molecule has 0 heterocycles. The molecule has 0 bridgehead atoms. The van der Waals surface area contributed by atoms with Crippen molar-refractivity contribution in [1.29, 1.82) is 0 Å². The highest BCUT2D eigenvalue weighted by atomic mass is 16.3. The maximum Gasteiger partial charge on any atom is 0.220 e. The number of amides is 1. The number of aliphatic hydroxyl groups is 2. The van der Waals surface area contributed by atoms with Gasteiger partial charge >= 0.3 is 0 Å². The van der Waals surface area contributed by atoms with Crippen LogP contribution in [0.4, 0.5) is 0 Å². The lowest BCUT2D eigenvalue weighted by Crippen LogP contribution is -2.45. The second-order valence-corrected chi connectivity index (χ2v) is 13.4. The van der Waals surface area contributed by atoms with Gasteiger partial charge < -0.3 is 15.5 Å². The van der Waals surface area contributed by atoms with Gasteiger partial charge in [0.25, 0.3) is 0 Å². The number of aliphatic hydroxyl groups excluding tert-OH is 2. The van der Waals surface area contributed by atoms with E-state index in [1.54, 1.807) is 6.08 Å². The molecule has 0 spiro atoms. The van der Waals surface area contributed by atoms with Crippen molar-refractivity contribution in [3.05, 3.63) is 12.2 Å². The lowest BCUT2D eigenvalue weighted by Gasteiger charge is -2.20. The second-order valence-electron chi connectivity index (χ2n) is 13.4. The molecule has 0 aliphatic heterocycles. The maximum absolute atomic E-state index is 12.3. The van der Waals surface area contributed by atoms with Crippen LogP contribution in [0.1, 0.15) is 213 Å². The molecule has 0 radical (unpaired) electrons. The SMILES string of the molecule is CCCCCCCCCCCCCCCCCCCC/C=C/C(O)C(CO)NC(=O)CCCCCCCCCCCCC. The Morgan fingerprint density at radius 1 is 0.535 bits per heavy atom. The maximum atomic E-state index is 12.3. The van der Waals surface area contributed by atoms with Crippen LogP contribution in [-0.2, 0) is 4.79 Å². The summed E-state index contributed by atoms with van der Waals surface area (Å²) in [6.45, 7) is 4.30. The summed E-state index contributed by atoms with van der Waals surface area (Å²) >= 11 is 0. The van der Waals surface area contributed by atoms with Gasteiger partial charge in [-0.1, -0.05) is 199 Å². The van der Waals surface area contributed by atoms with Crippen LogP contribution in [0.2, 0.25) is 0 Å². The van der Waals surface area contributed by atoms with Crippen molar-refractivity contribution in [2.45, 2.75) is 225 Å². The third-order valence-electron chi connectivity index (χ3n) is 9.02. The largest absolute Gasteiger partial charge is 0.394 e. The van der Waals surface area contributed by atoms with Gasteiger partial charge in [0.2, 0.25) is 5.91 Å². The first kappa shape index (κ1) is 42.1. The summed E-state index contributed by atoms with van der Waals surface area (Å²) < 4.78 is 0. The first-order valence-electron chi connectivity index (χ1n) is 19.4. The molecule has 2 unspecified atom stereocenters. The third-order valence-corrected chi connectivity index (χ3v) is 9.02. The molecule has 0 aromatic rings. The fraction of sp³-hybridized carbons (Fsp3) is 0.923. The zero-order valence-corrected chi connectivity index (χ0v) is 29.2. The Morgan fingerprint density at radius 2 is 0.860 bits per heavy atom. The summed E-state index contributed by atoms with van der Waals surface area (Å²) in [6.07, 6.45) is 43.0. The van der Waals surface area contributed by atoms with Gasteiger partial charge in [-0.15, -0.1) is 0 Å². The van der Waals surface area contributed by atoms with Gasteiger partial charge in [0, 0.05) is 6.42 Å². The van der Waals surface area contributed by atoms with E-state index >= 15 is 0 Å². The van der Waals surface area contributed by atoms with E-state index in [2.05, 4.69) is 19.2 Å². The van der Waals surface area contributed by atoms with E-state index in [0.29, 0.717) is 6.42 Å². The van der Waals surface area contributed by atoms with E-state index in [-0.39, 0.29) is 12.5 Å². The van der Waals surface area contributed by atoms with Gasteiger partial charge in [-0.3, -0.25) is 4.79 Å². The molecule has 0 aliphatic rings. The molecule has 0 aromatic carbocycles. The lowest BCUT2D eigenvalue weighted by atomic mass is 10.0. The number of hydrogen-bond donors (Lipinski definition) is 3. The van der Waals surface area contributed by atoms with Crippen LogP contribution in [0, 0.1) is 0 Å². The summed E-state index contributed by atoms with van der Waals surface area (Å²) in [6, 6.07) is -0.614. The minimum absolute atomic E-state index is 0.0640. The minimum Gasteiger partial charge on any atom is -0.394 e. The molecule has 256 valence electrons. The summed E-state index contributed by atoms with van der Waals surface area (Å²) in [5, 5.41) is 22.9. The Balaban J connectivity index is 3.55. The van der Waals surface area contributed by atoms with Gasteiger partial charge in [-0.05, 0) is 19.3 Å². The van der Waals surface area contributed by atoms with E-state index in [1.165, 1.54) is 167 Å². The molecule has 0 fully saturated rings. The van der Waals surface area contributed by atoms with Gasteiger partial charge in [-0.25, -0.2) is 0 Å². The number of rotatable bonds is 35. The average molecular weight is 608 g/mol. The van der Waals surface area contributed by atoms with Crippen LogP contribution in [0.25, 0.3) is 0 Å². The Hall–Kier alpha value is -0.870. The topological polar surface area (TPSA) is 69.6 Å². The van der Waals surface area contributed by atoms with E-state index in [0.717, 1.165) is 25.7 Å². The normalized spacial score (nSPS) is 13.1. The second kappa shape index (κ2) is 35.6. The van der Waals surface area contributed by atoms with Crippen molar-refractivity contribution in [2.24, 2.45) is 0 Å². The molecule has 0 aromatic heterocycles. The van der Waals surface area contributed by atoms with Crippen LogP contribution in [0.5, 0.6) is 0 Å². The smallest absolute Gasteiger partial charge is 0.220 e. The van der Waals surface area contributed by atoms with Crippen molar-refractivity contribution < 1.29 is 15.0 Å². The first-order valence-corrected chi connectivity index (χ1v) is 19.4. The highest BCUT2D eigenvalue weighted by Crippen LogP contribution is 2.15. The number of carbonyl (C=O) groups excluding carboxylic acids is 1. The third kappa shape index (κ3) is 32.3. The molecular weight excluding hydrogens is 530 g/mol. The Bertz CT molecular complexity index is 579. The Labute approximate surface area is 269 Å². The minimum atomic E-state index is -0.832. The fourth-order valence-electron chi connectivity index (χ4n) is 6.00. The van der Waals surface area contributed by atoms with Crippen LogP contribution in [0.15, 0.2) is 12.2 Å². The van der Waals surface area contributed by atoms with Crippen LogP contribution < -0.4 is 5.32 Å². The molecule has 43 heavy (non-hydrogen) atoms. The van der Waals surface area contributed by atoms with Gasteiger partial charge in [0.1, 0.15) is 0 Å². The molecule has 1 amide bonds. The molecule has 0 aliphatic carbocycles. The molecule has 0 rings (SSSR count). The van der Waals surface area contributed by atoms with Crippen molar-refractivity contribution in [3.63, 3.8) is 0 Å². The molecule has 4 heteroatoms. The summed E-state index contributed by atoms with van der Waals surface area (Å²) in [5.74, 6) is -0.0640. The van der Waals surface area contributed by atoms with E-state index in [9.17, 15) is 15.0 Å². The van der Waals surface area contributed by atoms with Crippen molar-refractivity contribution >= 4 is 5.91 Å². The highest BCUT2D eigenvalue weighted by molar-refractivity contribution is 5.76. The highest BCUT2D eigenvalue weighted by Gasteiger charge is 2.17. The Kier molecular flexibility index (Phi) is 34.9. The first-order chi connectivity index (χ1) is 21.2. The summed E-state index contributed by atoms with van der Waals surface area (Å²) in [4.78, 5) is 12.3. The van der Waals surface area contributed by atoms with Crippen molar-refractivity contribution in [3.8, 4) is 0 Å². The zero-order valence-electron chi connectivity index (χ0n) is 29.2. The van der Waals surface area contributed by atoms with Crippen LogP contribution in [-0.4, -0.2) is 34.9 Å². The number of allylic oxidation sites excluding steroid dienone is 1. The Morgan fingerprint density at radius 3 is 1.21 bits per heavy atom. The molecule has 0 saturated heterocycles. The molecular formula is C39H77NO3. The van der Waals surface area contributed by atoms with Crippen LogP contribution >= 0.6 is 0 Å². The summed E-state index contributed by atoms with van der Waals surface area (Å²) in [7, 11) is 0. The number of hydrogen-bond acceptors (Lipinski definition) is 3. The zero-order chi connectivity index (χ0) is 31.5. The van der Waals surface area contributed by atoms with E-state index < -0.39 is 12.1 Å². The molecule has 2 atom stereocenters. The number of unbranched alkanes of at least 4 members (excludes halogenated alkanes) is 28. The fourth-order valence-corrected chi connectivity index (χ4v) is 6.00. The predicted molar refractivity (Wildman–Crippen MR) is 189 cm³/mol. The monoisotopic (exact) mass is 608 g/mol. The molecule has 0 saturated carbocycles. The van der Waals surface area contributed by atoms with Crippen LogP contribution in [0.3, 0.4) is 0 Å². The van der Waals surface area contributed by atoms with E-state index in [4.69, 9.17) is 0 Å². The standard InChI is InChI=1S/C39H77NO3/c1-3-5-7-9-11-13-15-16-17-18-19-20-21-22-23-25-26-28-30-32-34-38(42)37(36-41)40-39(43)35-33-31-29-27-24-14-12-10-8-6-4-2/h32,34,37-38,41-42H,3-31,33,35-36H2,1-2H3,(H,40,43)/b34-32+. The predicted octanol–water partition coefficient (Wildman–Crippen LogP) is 11.5. The van der Waals surface area contributed by atoms with Gasteiger partial charge in [-0.2, -0.15) is 0 Å². The van der Waals surface area contributed by atoms with Gasteiger partial charge in [0.15, 0.2) is 0 Å². The molecule has 4 nitrogen and oxygen atoms in total. The quantitative estimate of drug-likeness (QED) is 0.0496. The van der Waals surface area contributed by atoms with Gasteiger partial charge in [0.05, 0.1) is 18.8 Å². The lowest BCUT2D eigenvalue weighted by molar-refractivity contribution is -0.123. The van der Waals surface area contributed by atoms with Crippen molar-refractivity contribution in [1.82, 2.24) is 5.32 Å². The summed E-state index contributed by atoms with van der Waals surface area (Å²) in [5.41, 5.74) is 0. The number of carbonyl (C=O) groups is 1. The number of nitrogens with one attached hydrogen (secondary N) is 1. The molecule has 3 N–H and O–H groups in total.